The molecule has 2 rings (SSSR count). The van der Waals surface area contributed by atoms with Crippen LogP contribution in [0.2, 0.25) is 0 Å². The van der Waals surface area contributed by atoms with Gasteiger partial charge in [-0.15, -0.1) is 0 Å². The van der Waals surface area contributed by atoms with Gasteiger partial charge in [-0.3, -0.25) is 0 Å². The van der Waals surface area contributed by atoms with Gasteiger partial charge >= 0.3 is 0 Å². The molecular weight excluding hydrogens is 330 g/mol. The Labute approximate surface area is 155 Å². The molecule has 26 heavy (non-hydrogen) atoms. The van der Waals surface area contributed by atoms with E-state index in [2.05, 4.69) is 5.32 Å². The van der Waals surface area contributed by atoms with Gasteiger partial charge in [-0.05, 0) is 62.2 Å². The molecule has 0 fully saturated rings. The molecule has 5 heteroatoms. The minimum absolute atomic E-state index is 0.271. The summed E-state index contributed by atoms with van der Waals surface area (Å²) in [6, 6.07) is 13.8. The lowest BCUT2D eigenvalue weighted by Gasteiger charge is -2.14. The third-order valence-electron chi connectivity index (χ3n) is 3.93. The molecule has 5 nitrogen and oxygen atoms in total. The van der Waals surface area contributed by atoms with Crippen molar-refractivity contribution in [3.05, 3.63) is 53.6 Å². The Morgan fingerprint density at radius 1 is 1.08 bits per heavy atom. The lowest BCUT2D eigenvalue weighted by atomic mass is 10.1. The largest absolute Gasteiger partial charge is 0.493 e. The molecule has 0 saturated carbocycles. The summed E-state index contributed by atoms with van der Waals surface area (Å²) >= 11 is 0. The molecular formula is C21H29NO4. The first kappa shape index (κ1) is 20.1. The first-order valence-electron chi connectivity index (χ1n) is 9.00. The third kappa shape index (κ3) is 6.58. The fraction of sp³-hybridized carbons (Fsp3) is 0.429. The summed E-state index contributed by atoms with van der Waals surface area (Å²) in [6.45, 7) is 6.09. The quantitative estimate of drug-likeness (QED) is 0.604. The van der Waals surface area contributed by atoms with Crippen LogP contribution in [0.15, 0.2) is 42.5 Å². The van der Waals surface area contributed by atoms with Gasteiger partial charge in [-0.1, -0.05) is 18.2 Å². The molecule has 0 aliphatic heterocycles. The summed E-state index contributed by atoms with van der Waals surface area (Å²) in [7, 11) is 1.64. The highest BCUT2D eigenvalue weighted by Gasteiger charge is 2.07. The normalized spacial score (nSPS) is 11.8. The Kier molecular flexibility index (Phi) is 8.25. The predicted octanol–water partition coefficient (Wildman–Crippen LogP) is 2.97. The number of benzene rings is 2. The maximum Gasteiger partial charge on any atom is 0.161 e. The topological polar surface area (TPSA) is 60.0 Å². The van der Waals surface area contributed by atoms with Gasteiger partial charge < -0.3 is 24.6 Å². The molecule has 0 saturated heterocycles. The molecule has 0 aliphatic carbocycles. The van der Waals surface area contributed by atoms with E-state index in [-0.39, 0.29) is 6.61 Å². The highest BCUT2D eigenvalue weighted by Crippen LogP contribution is 2.28. The van der Waals surface area contributed by atoms with Crippen molar-refractivity contribution in [1.29, 1.82) is 0 Å². The first-order chi connectivity index (χ1) is 12.6. The van der Waals surface area contributed by atoms with Crippen LogP contribution < -0.4 is 19.5 Å². The number of ether oxygens (including phenoxy) is 3. The monoisotopic (exact) mass is 359 g/mol. The van der Waals surface area contributed by atoms with E-state index in [4.69, 9.17) is 14.2 Å². The molecule has 0 aliphatic rings. The number of rotatable bonds is 11. The van der Waals surface area contributed by atoms with Gasteiger partial charge in [0.2, 0.25) is 0 Å². The predicted molar refractivity (Wildman–Crippen MR) is 103 cm³/mol. The van der Waals surface area contributed by atoms with E-state index >= 15 is 0 Å². The van der Waals surface area contributed by atoms with Crippen LogP contribution in [0.25, 0.3) is 0 Å². The molecule has 142 valence electrons. The Bertz CT molecular complexity index is 675. The summed E-state index contributed by atoms with van der Waals surface area (Å²) in [5.41, 5.74) is 2.30. The van der Waals surface area contributed by atoms with Gasteiger partial charge in [0, 0.05) is 6.54 Å². The van der Waals surface area contributed by atoms with E-state index in [1.807, 2.05) is 56.3 Å². The van der Waals surface area contributed by atoms with E-state index < -0.39 is 6.10 Å². The third-order valence-corrected chi connectivity index (χ3v) is 3.93. The van der Waals surface area contributed by atoms with Crippen molar-refractivity contribution >= 4 is 0 Å². The second-order valence-corrected chi connectivity index (χ2v) is 6.15. The zero-order valence-electron chi connectivity index (χ0n) is 15.8. The average molecular weight is 359 g/mol. The van der Waals surface area contributed by atoms with Crippen molar-refractivity contribution in [2.24, 2.45) is 0 Å². The van der Waals surface area contributed by atoms with Gasteiger partial charge in [0.25, 0.3) is 0 Å². The molecule has 0 amide bonds. The molecule has 2 aromatic rings. The van der Waals surface area contributed by atoms with Gasteiger partial charge in [0.15, 0.2) is 11.5 Å². The molecule has 0 spiro atoms. The van der Waals surface area contributed by atoms with E-state index in [9.17, 15) is 5.11 Å². The summed E-state index contributed by atoms with van der Waals surface area (Å²) in [4.78, 5) is 0. The molecule has 2 aromatic carbocycles. The minimum atomic E-state index is -0.551. The van der Waals surface area contributed by atoms with Gasteiger partial charge in [-0.25, -0.2) is 0 Å². The Morgan fingerprint density at radius 2 is 1.92 bits per heavy atom. The summed E-state index contributed by atoms with van der Waals surface area (Å²) in [6.07, 6.45) is 0.291. The van der Waals surface area contributed by atoms with Crippen LogP contribution in [0.5, 0.6) is 17.2 Å². The molecule has 0 bridgehead atoms. The van der Waals surface area contributed by atoms with E-state index in [0.717, 1.165) is 41.3 Å². The van der Waals surface area contributed by atoms with Crippen molar-refractivity contribution in [2.45, 2.75) is 26.4 Å². The summed E-state index contributed by atoms with van der Waals surface area (Å²) in [5, 5.41) is 13.3. The van der Waals surface area contributed by atoms with Crippen molar-refractivity contribution in [1.82, 2.24) is 5.32 Å². The standard InChI is InChI=1S/C21H29NO4/c1-4-25-20-9-8-17(13-21(20)24-3)10-11-22-14-18(23)15-26-19-7-5-6-16(2)12-19/h5-9,12-13,18,22-23H,4,10-11,14-15H2,1-3H3/t18-/m0/s1. The fourth-order valence-electron chi connectivity index (χ4n) is 2.60. The lowest BCUT2D eigenvalue weighted by Crippen LogP contribution is -2.32. The van der Waals surface area contributed by atoms with E-state index in [1.54, 1.807) is 7.11 Å². The second-order valence-electron chi connectivity index (χ2n) is 6.15. The maximum absolute atomic E-state index is 10.0. The minimum Gasteiger partial charge on any atom is -0.493 e. The van der Waals surface area contributed by atoms with Crippen LogP contribution >= 0.6 is 0 Å². The van der Waals surface area contributed by atoms with Crippen LogP contribution in [0.4, 0.5) is 0 Å². The van der Waals surface area contributed by atoms with Gasteiger partial charge in [0.1, 0.15) is 18.5 Å². The number of aryl methyl sites for hydroxylation is 1. The number of nitrogens with one attached hydrogen (secondary N) is 1. The number of hydrogen-bond acceptors (Lipinski definition) is 5. The van der Waals surface area contributed by atoms with Crippen molar-refractivity contribution in [3.63, 3.8) is 0 Å². The van der Waals surface area contributed by atoms with Crippen molar-refractivity contribution < 1.29 is 19.3 Å². The second kappa shape index (κ2) is 10.7. The summed E-state index contributed by atoms with van der Waals surface area (Å²) < 4.78 is 16.5. The number of aliphatic hydroxyl groups is 1. The number of methoxy groups -OCH3 is 1. The maximum atomic E-state index is 10.0. The number of aliphatic hydroxyl groups excluding tert-OH is 1. The molecule has 1 atom stereocenters. The molecule has 0 radical (unpaired) electrons. The van der Waals surface area contributed by atoms with Crippen LogP contribution in [0.1, 0.15) is 18.1 Å². The Balaban J connectivity index is 1.69. The molecule has 0 heterocycles. The zero-order chi connectivity index (χ0) is 18.8. The Morgan fingerprint density at radius 3 is 2.65 bits per heavy atom. The highest BCUT2D eigenvalue weighted by atomic mass is 16.5. The van der Waals surface area contributed by atoms with Crippen LogP contribution in [-0.2, 0) is 6.42 Å². The van der Waals surface area contributed by atoms with Crippen molar-refractivity contribution in [2.75, 3.05) is 33.4 Å². The summed E-state index contributed by atoms with van der Waals surface area (Å²) in [5.74, 6) is 2.29. The van der Waals surface area contributed by atoms with Crippen LogP contribution in [0, 0.1) is 6.92 Å². The average Bonchev–Trinajstić information content (AvgIpc) is 2.65. The van der Waals surface area contributed by atoms with Gasteiger partial charge in [-0.2, -0.15) is 0 Å². The van der Waals surface area contributed by atoms with Crippen LogP contribution in [-0.4, -0.2) is 44.6 Å². The first-order valence-corrected chi connectivity index (χ1v) is 9.00. The highest BCUT2D eigenvalue weighted by molar-refractivity contribution is 5.43. The van der Waals surface area contributed by atoms with Crippen LogP contribution in [0.3, 0.4) is 0 Å². The lowest BCUT2D eigenvalue weighted by molar-refractivity contribution is 0.106. The van der Waals surface area contributed by atoms with Gasteiger partial charge in [0.05, 0.1) is 13.7 Å². The SMILES string of the molecule is CCOc1ccc(CCNC[C@H](O)COc2cccc(C)c2)cc1OC. The molecule has 2 N–H and O–H groups in total. The zero-order valence-corrected chi connectivity index (χ0v) is 15.8. The molecule has 0 unspecified atom stereocenters. The van der Waals surface area contributed by atoms with E-state index in [1.165, 1.54) is 0 Å². The fourth-order valence-corrected chi connectivity index (χ4v) is 2.60. The van der Waals surface area contributed by atoms with Crippen molar-refractivity contribution in [3.8, 4) is 17.2 Å². The smallest absolute Gasteiger partial charge is 0.161 e. The Hall–Kier alpha value is -2.24. The molecule has 0 aromatic heterocycles. The number of hydrogen-bond donors (Lipinski definition) is 2. The van der Waals surface area contributed by atoms with E-state index in [0.29, 0.717) is 13.2 Å².